The maximum Gasteiger partial charge on any atom is 0.281 e. The summed E-state index contributed by atoms with van der Waals surface area (Å²) in [6.07, 6.45) is 2.05. The van der Waals surface area contributed by atoms with Crippen molar-refractivity contribution >= 4 is 41.0 Å². The summed E-state index contributed by atoms with van der Waals surface area (Å²) in [5.41, 5.74) is 6.32. The summed E-state index contributed by atoms with van der Waals surface area (Å²) in [6.45, 7) is 0.127. The van der Waals surface area contributed by atoms with Gasteiger partial charge >= 0.3 is 0 Å². The lowest BCUT2D eigenvalue weighted by atomic mass is 10.2. The highest BCUT2D eigenvalue weighted by Gasteiger charge is 2.09. The molecule has 0 saturated heterocycles. The fraction of sp³-hybridized carbons (Fsp3) is 0.111. The number of thioether (sulfide) groups is 1. The molecule has 0 radical (unpaired) electrons. The molecule has 0 heterocycles. The standard InChI is InChI=1S/C18H15ClFNO4S/c1-24-17-7-11(6-14(9-22)26-18(21)23)2-5-16(17)25-10-12-3-4-13(20)8-15(12)19/h2-9H,10H2,1H3,(H2,21,23)/b14-6-. The van der Waals surface area contributed by atoms with E-state index in [0.717, 1.165) is 0 Å². The van der Waals surface area contributed by atoms with Crippen LogP contribution in [0.4, 0.5) is 9.18 Å². The topological polar surface area (TPSA) is 78.6 Å². The third-order valence-corrected chi connectivity index (χ3v) is 4.23. The molecule has 0 unspecified atom stereocenters. The van der Waals surface area contributed by atoms with Gasteiger partial charge in [-0.2, -0.15) is 0 Å². The molecule has 1 amide bonds. The molecule has 0 aliphatic heterocycles. The zero-order chi connectivity index (χ0) is 19.1. The van der Waals surface area contributed by atoms with E-state index in [0.29, 0.717) is 40.7 Å². The molecule has 2 rings (SSSR count). The number of aldehydes is 1. The fourth-order valence-corrected chi connectivity index (χ4v) is 2.75. The Balaban J connectivity index is 2.19. The minimum absolute atomic E-state index is 0.127. The van der Waals surface area contributed by atoms with Crippen LogP contribution in [0.3, 0.4) is 0 Å². The van der Waals surface area contributed by atoms with Crippen molar-refractivity contribution in [2.24, 2.45) is 5.73 Å². The Bertz CT molecular complexity index is 857. The number of rotatable bonds is 7. The van der Waals surface area contributed by atoms with E-state index in [1.54, 1.807) is 24.3 Å². The summed E-state index contributed by atoms with van der Waals surface area (Å²) in [4.78, 5) is 22.1. The Kier molecular flexibility index (Phi) is 7.06. The number of nitrogens with two attached hydrogens (primary N) is 1. The van der Waals surface area contributed by atoms with Gasteiger partial charge in [-0.25, -0.2) is 4.39 Å². The van der Waals surface area contributed by atoms with Crippen LogP contribution in [-0.4, -0.2) is 18.6 Å². The summed E-state index contributed by atoms with van der Waals surface area (Å²) in [7, 11) is 1.47. The summed E-state index contributed by atoms with van der Waals surface area (Å²) < 4.78 is 24.1. The molecule has 2 aromatic carbocycles. The van der Waals surface area contributed by atoms with Gasteiger partial charge in [0.05, 0.1) is 17.0 Å². The summed E-state index contributed by atoms with van der Waals surface area (Å²) >= 11 is 6.61. The number of carbonyl (C=O) groups is 2. The normalized spacial score (nSPS) is 11.1. The predicted molar refractivity (Wildman–Crippen MR) is 100.0 cm³/mol. The summed E-state index contributed by atoms with van der Waals surface area (Å²) in [5.74, 6) is 0.443. The van der Waals surface area contributed by atoms with Crippen LogP contribution in [0.15, 0.2) is 41.3 Å². The number of primary amides is 1. The van der Waals surface area contributed by atoms with E-state index < -0.39 is 11.1 Å². The van der Waals surface area contributed by atoms with Gasteiger partial charge in [0.15, 0.2) is 17.8 Å². The second-order valence-corrected chi connectivity index (χ2v) is 6.51. The van der Waals surface area contributed by atoms with Crippen molar-refractivity contribution in [3.63, 3.8) is 0 Å². The monoisotopic (exact) mass is 395 g/mol. The molecule has 5 nitrogen and oxygen atoms in total. The first-order valence-electron chi connectivity index (χ1n) is 7.32. The fourth-order valence-electron chi connectivity index (χ4n) is 2.06. The van der Waals surface area contributed by atoms with Crippen LogP contribution < -0.4 is 15.2 Å². The molecule has 136 valence electrons. The Labute approximate surface area is 158 Å². The molecule has 0 fully saturated rings. The molecule has 0 aliphatic carbocycles. The highest BCUT2D eigenvalue weighted by molar-refractivity contribution is 8.17. The van der Waals surface area contributed by atoms with Gasteiger partial charge in [-0.1, -0.05) is 23.7 Å². The molecule has 0 aliphatic rings. The minimum Gasteiger partial charge on any atom is -0.493 e. The molecule has 26 heavy (non-hydrogen) atoms. The second-order valence-electron chi connectivity index (χ2n) is 5.02. The largest absolute Gasteiger partial charge is 0.493 e. The van der Waals surface area contributed by atoms with Crippen LogP contribution in [0.5, 0.6) is 11.5 Å². The molecule has 0 saturated carbocycles. The Morgan fingerprint density at radius 3 is 2.65 bits per heavy atom. The lowest BCUT2D eigenvalue weighted by Crippen LogP contribution is -2.02. The lowest BCUT2D eigenvalue weighted by molar-refractivity contribution is -0.104. The second kappa shape index (κ2) is 9.26. The van der Waals surface area contributed by atoms with Crippen molar-refractivity contribution in [3.05, 3.63) is 63.3 Å². The number of allylic oxidation sites excluding steroid dienone is 1. The van der Waals surface area contributed by atoms with Crippen molar-refractivity contribution in [2.45, 2.75) is 6.61 Å². The van der Waals surface area contributed by atoms with Gasteiger partial charge in [-0.15, -0.1) is 0 Å². The average molecular weight is 396 g/mol. The van der Waals surface area contributed by atoms with Crippen LogP contribution in [0.25, 0.3) is 6.08 Å². The number of hydrogen-bond acceptors (Lipinski definition) is 5. The smallest absolute Gasteiger partial charge is 0.281 e. The van der Waals surface area contributed by atoms with Gasteiger partial charge in [0, 0.05) is 5.56 Å². The maximum absolute atomic E-state index is 13.1. The highest BCUT2D eigenvalue weighted by Crippen LogP contribution is 2.31. The first-order valence-corrected chi connectivity index (χ1v) is 8.51. The third kappa shape index (κ3) is 5.50. The van der Waals surface area contributed by atoms with Crippen LogP contribution in [0.2, 0.25) is 5.02 Å². The summed E-state index contributed by atoms with van der Waals surface area (Å²) in [5, 5.41) is -0.408. The molecule has 0 atom stereocenters. The molecular formula is C18H15ClFNO4S. The van der Waals surface area contributed by atoms with Crippen molar-refractivity contribution in [1.82, 2.24) is 0 Å². The zero-order valence-electron chi connectivity index (χ0n) is 13.7. The number of ether oxygens (including phenoxy) is 2. The molecule has 0 spiro atoms. The van der Waals surface area contributed by atoms with Crippen LogP contribution in [0, 0.1) is 5.82 Å². The number of halogens is 2. The van der Waals surface area contributed by atoms with Gasteiger partial charge in [0.1, 0.15) is 12.4 Å². The average Bonchev–Trinajstić information content (AvgIpc) is 2.60. The van der Waals surface area contributed by atoms with Gasteiger partial charge < -0.3 is 15.2 Å². The first-order chi connectivity index (χ1) is 12.4. The van der Waals surface area contributed by atoms with E-state index in [2.05, 4.69) is 0 Å². The predicted octanol–water partition coefficient (Wildman–Crippen LogP) is 4.42. The van der Waals surface area contributed by atoms with Gasteiger partial charge in [0.25, 0.3) is 5.24 Å². The molecule has 2 aromatic rings. The third-order valence-electron chi connectivity index (χ3n) is 3.23. The number of methoxy groups -OCH3 is 1. The number of hydrogen-bond donors (Lipinski definition) is 1. The maximum atomic E-state index is 13.1. The van der Waals surface area contributed by atoms with Crippen LogP contribution >= 0.6 is 23.4 Å². The number of carbonyl (C=O) groups excluding carboxylic acids is 2. The zero-order valence-corrected chi connectivity index (χ0v) is 15.3. The van der Waals surface area contributed by atoms with E-state index in [-0.39, 0.29) is 16.5 Å². The first kappa shape index (κ1) is 19.8. The van der Waals surface area contributed by atoms with E-state index >= 15 is 0 Å². The Morgan fingerprint density at radius 2 is 2.04 bits per heavy atom. The van der Waals surface area contributed by atoms with Crippen LogP contribution in [0.1, 0.15) is 11.1 Å². The Hall–Kier alpha value is -2.51. The lowest BCUT2D eigenvalue weighted by Gasteiger charge is -2.12. The Morgan fingerprint density at radius 1 is 1.27 bits per heavy atom. The summed E-state index contributed by atoms with van der Waals surface area (Å²) in [6, 6.07) is 9.04. The minimum atomic E-state index is -0.675. The van der Waals surface area contributed by atoms with E-state index in [1.807, 2.05) is 0 Å². The van der Waals surface area contributed by atoms with Crippen molar-refractivity contribution in [3.8, 4) is 11.5 Å². The molecule has 0 bridgehead atoms. The van der Waals surface area contributed by atoms with E-state index in [4.69, 9.17) is 26.8 Å². The van der Waals surface area contributed by atoms with Crippen molar-refractivity contribution in [2.75, 3.05) is 7.11 Å². The van der Waals surface area contributed by atoms with Gasteiger partial charge in [0.2, 0.25) is 0 Å². The SMILES string of the molecule is COc1cc(/C=C(/C=O)SC(N)=O)ccc1OCc1ccc(F)cc1Cl. The molecule has 0 aromatic heterocycles. The van der Waals surface area contributed by atoms with Crippen LogP contribution in [-0.2, 0) is 11.4 Å². The van der Waals surface area contributed by atoms with Crippen molar-refractivity contribution < 1.29 is 23.5 Å². The van der Waals surface area contributed by atoms with Gasteiger partial charge in [-0.05, 0) is 47.7 Å². The van der Waals surface area contributed by atoms with E-state index in [9.17, 15) is 14.0 Å². The van der Waals surface area contributed by atoms with Gasteiger partial charge in [-0.3, -0.25) is 9.59 Å². The number of benzene rings is 2. The molecular weight excluding hydrogens is 381 g/mol. The molecule has 8 heteroatoms. The van der Waals surface area contributed by atoms with Crippen molar-refractivity contribution in [1.29, 1.82) is 0 Å². The molecule has 2 N–H and O–H groups in total. The highest BCUT2D eigenvalue weighted by atomic mass is 35.5. The quantitative estimate of drug-likeness (QED) is 0.554. The number of amides is 1. The van der Waals surface area contributed by atoms with E-state index in [1.165, 1.54) is 25.3 Å².